The molecular formula is C21H24N4O5. The predicted molar refractivity (Wildman–Crippen MR) is 113 cm³/mol. The number of H-pyrrole nitrogens is 1. The molecule has 158 valence electrons. The number of hydrogen-bond acceptors (Lipinski definition) is 7. The summed E-state index contributed by atoms with van der Waals surface area (Å²) in [5.74, 6) is -0.0185. The number of methoxy groups -OCH3 is 1. The average Bonchev–Trinajstić information content (AvgIpc) is 3.21. The van der Waals surface area contributed by atoms with Gasteiger partial charge in [-0.2, -0.15) is 0 Å². The van der Waals surface area contributed by atoms with E-state index in [4.69, 9.17) is 14.9 Å². The van der Waals surface area contributed by atoms with Crippen LogP contribution in [-0.4, -0.2) is 35.6 Å². The molecule has 0 aliphatic rings. The Morgan fingerprint density at radius 1 is 1.23 bits per heavy atom. The first-order valence-corrected chi connectivity index (χ1v) is 9.39. The van der Waals surface area contributed by atoms with Gasteiger partial charge in [0.1, 0.15) is 17.1 Å². The van der Waals surface area contributed by atoms with Crippen LogP contribution in [0.25, 0.3) is 0 Å². The molecule has 0 fully saturated rings. The van der Waals surface area contributed by atoms with Crippen molar-refractivity contribution in [3.8, 4) is 0 Å². The number of hydrogen-bond donors (Lipinski definition) is 2. The number of ether oxygens (including phenoxy) is 1. The minimum Gasteiger partial charge on any atom is -0.467 e. The van der Waals surface area contributed by atoms with Crippen LogP contribution in [0.5, 0.6) is 0 Å². The quantitative estimate of drug-likeness (QED) is 0.511. The molecule has 0 aliphatic heterocycles. The van der Waals surface area contributed by atoms with Crippen LogP contribution in [0.2, 0.25) is 0 Å². The van der Waals surface area contributed by atoms with Crippen LogP contribution in [0.3, 0.4) is 0 Å². The normalized spacial score (nSPS) is 10.9. The highest BCUT2D eigenvalue weighted by Crippen LogP contribution is 2.19. The van der Waals surface area contributed by atoms with Gasteiger partial charge in [-0.3, -0.25) is 19.1 Å². The van der Waals surface area contributed by atoms with E-state index in [-0.39, 0.29) is 31.1 Å². The first kappa shape index (κ1) is 21.1. The van der Waals surface area contributed by atoms with Crippen molar-refractivity contribution >= 4 is 17.3 Å². The lowest BCUT2D eigenvalue weighted by molar-refractivity contribution is 0.0996. The van der Waals surface area contributed by atoms with E-state index in [1.165, 1.54) is 7.11 Å². The first-order chi connectivity index (χ1) is 14.4. The number of nitrogens with one attached hydrogen (secondary N) is 1. The Labute approximate surface area is 172 Å². The molecule has 3 rings (SSSR count). The number of carbonyl (C=O) groups is 1. The molecule has 1 aromatic carbocycles. The molecule has 0 aliphatic carbocycles. The largest absolute Gasteiger partial charge is 0.467 e. The standard InChI is InChI=1S/C21H24N4O5/c1-14-5-7-15(8-6-14)24(12-16-4-3-10-30-16)13-17(26)18-19(22)25(9-11-29-2)21(28)23-20(18)27/h3-8,10H,9,11-13,22H2,1-2H3,(H,23,27,28). The SMILES string of the molecule is COCCn1c(N)c(C(=O)CN(Cc2ccco2)c2ccc(C)cc2)c(=O)[nH]c1=O. The van der Waals surface area contributed by atoms with E-state index in [2.05, 4.69) is 4.98 Å². The minimum atomic E-state index is -0.807. The number of benzene rings is 1. The highest BCUT2D eigenvalue weighted by Gasteiger charge is 2.22. The molecule has 0 saturated carbocycles. The predicted octanol–water partition coefficient (Wildman–Crippen LogP) is 1.56. The van der Waals surface area contributed by atoms with Gasteiger partial charge in [-0.1, -0.05) is 17.7 Å². The summed E-state index contributed by atoms with van der Waals surface area (Å²) in [5.41, 5.74) is 6.15. The summed E-state index contributed by atoms with van der Waals surface area (Å²) in [6.45, 7) is 2.49. The smallest absolute Gasteiger partial charge is 0.330 e. The van der Waals surface area contributed by atoms with Crippen molar-refractivity contribution in [1.29, 1.82) is 0 Å². The number of nitrogens with zero attached hydrogens (tertiary/aromatic N) is 2. The first-order valence-electron chi connectivity index (χ1n) is 9.39. The summed E-state index contributed by atoms with van der Waals surface area (Å²) in [5, 5.41) is 0. The molecule has 2 heterocycles. The lowest BCUT2D eigenvalue weighted by atomic mass is 10.1. The van der Waals surface area contributed by atoms with E-state index >= 15 is 0 Å². The van der Waals surface area contributed by atoms with E-state index in [1.54, 1.807) is 23.3 Å². The Balaban J connectivity index is 1.94. The fourth-order valence-electron chi connectivity index (χ4n) is 3.10. The second kappa shape index (κ2) is 9.27. The molecule has 0 bridgehead atoms. The molecule has 0 unspecified atom stereocenters. The zero-order valence-electron chi connectivity index (χ0n) is 16.9. The van der Waals surface area contributed by atoms with E-state index in [0.29, 0.717) is 12.3 Å². The van der Waals surface area contributed by atoms with Crippen LogP contribution in [0, 0.1) is 6.92 Å². The van der Waals surface area contributed by atoms with Gasteiger partial charge >= 0.3 is 5.69 Å². The van der Waals surface area contributed by atoms with Crippen LogP contribution in [-0.2, 0) is 17.8 Å². The number of carbonyl (C=O) groups excluding carboxylic acids is 1. The summed E-state index contributed by atoms with van der Waals surface area (Å²) >= 11 is 0. The molecule has 0 saturated heterocycles. The van der Waals surface area contributed by atoms with Crippen molar-refractivity contribution < 1.29 is 13.9 Å². The maximum absolute atomic E-state index is 13.1. The Bertz CT molecular complexity index is 1110. The van der Waals surface area contributed by atoms with Gasteiger partial charge in [0.2, 0.25) is 0 Å². The number of Topliss-reactive ketones (excluding diaryl/α,β-unsaturated/α-hetero) is 1. The van der Waals surface area contributed by atoms with Crippen molar-refractivity contribution in [2.45, 2.75) is 20.0 Å². The molecule has 30 heavy (non-hydrogen) atoms. The molecular weight excluding hydrogens is 388 g/mol. The summed E-state index contributed by atoms with van der Waals surface area (Å²) in [7, 11) is 1.48. The number of nitrogens with two attached hydrogens (primary N) is 1. The molecule has 0 radical (unpaired) electrons. The van der Waals surface area contributed by atoms with Crippen LogP contribution in [0.15, 0.2) is 56.7 Å². The summed E-state index contributed by atoms with van der Waals surface area (Å²) in [6, 6.07) is 11.2. The van der Waals surface area contributed by atoms with Gasteiger partial charge in [0, 0.05) is 12.8 Å². The maximum Gasteiger partial charge on any atom is 0.330 e. The van der Waals surface area contributed by atoms with Crippen molar-refractivity contribution in [1.82, 2.24) is 9.55 Å². The Morgan fingerprint density at radius 2 is 1.97 bits per heavy atom. The lowest BCUT2D eigenvalue weighted by Gasteiger charge is -2.23. The number of ketones is 1. The number of aryl methyl sites for hydroxylation is 1. The molecule has 9 nitrogen and oxygen atoms in total. The number of anilines is 2. The van der Waals surface area contributed by atoms with Crippen molar-refractivity contribution in [2.75, 3.05) is 30.9 Å². The summed E-state index contributed by atoms with van der Waals surface area (Å²) < 4.78 is 11.5. The maximum atomic E-state index is 13.1. The van der Waals surface area contributed by atoms with Gasteiger partial charge in [0.15, 0.2) is 5.78 Å². The Kier molecular flexibility index (Phi) is 6.53. The third-order valence-corrected chi connectivity index (χ3v) is 4.70. The van der Waals surface area contributed by atoms with Crippen LogP contribution in [0.4, 0.5) is 11.5 Å². The topological polar surface area (TPSA) is 124 Å². The second-order valence-corrected chi connectivity index (χ2v) is 6.86. The van der Waals surface area contributed by atoms with Gasteiger partial charge in [-0.25, -0.2) is 4.79 Å². The monoisotopic (exact) mass is 412 g/mol. The highest BCUT2D eigenvalue weighted by molar-refractivity contribution is 6.02. The zero-order chi connectivity index (χ0) is 21.7. The van der Waals surface area contributed by atoms with Gasteiger partial charge in [-0.15, -0.1) is 0 Å². The lowest BCUT2D eigenvalue weighted by Crippen LogP contribution is -2.39. The van der Waals surface area contributed by atoms with E-state index in [1.807, 2.05) is 31.2 Å². The molecule has 0 atom stereocenters. The van der Waals surface area contributed by atoms with Gasteiger partial charge < -0.3 is 19.8 Å². The highest BCUT2D eigenvalue weighted by atomic mass is 16.5. The molecule has 3 aromatic rings. The average molecular weight is 412 g/mol. The molecule has 3 N–H and O–H groups in total. The van der Waals surface area contributed by atoms with Crippen LogP contribution >= 0.6 is 0 Å². The van der Waals surface area contributed by atoms with Crippen molar-refractivity contribution in [2.24, 2.45) is 0 Å². The minimum absolute atomic E-state index is 0.117. The number of aromatic amines is 1. The fourth-order valence-corrected chi connectivity index (χ4v) is 3.10. The van der Waals surface area contributed by atoms with Crippen molar-refractivity contribution in [3.63, 3.8) is 0 Å². The zero-order valence-corrected chi connectivity index (χ0v) is 16.9. The van der Waals surface area contributed by atoms with E-state index in [9.17, 15) is 14.4 Å². The van der Waals surface area contributed by atoms with Gasteiger partial charge in [-0.05, 0) is 31.2 Å². The summed E-state index contributed by atoms with van der Waals surface area (Å²) in [6.07, 6.45) is 1.55. The van der Waals surface area contributed by atoms with Crippen LogP contribution in [0.1, 0.15) is 21.7 Å². The third kappa shape index (κ3) is 4.69. The number of furan rings is 1. The van der Waals surface area contributed by atoms with Gasteiger partial charge in [0.05, 0.1) is 32.5 Å². The van der Waals surface area contributed by atoms with E-state index < -0.39 is 17.0 Å². The Hall–Kier alpha value is -3.59. The molecule has 2 aromatic heterocycles. The fraction of sp³-hybridized carbons (Fsp3) is 0.286. The van der Waals surface area contributed by atoms with Gasteiger partial charge in [0.25, 0.3) is 5.56 Å². The molecule has 0 amide bonds. The molecule has 9 heteroatoms. The number of nitrogen functional groups attached to an aromatic ring is 1. The second-order valence-electron chi connectivity index (χ2n) is 6.86. The molecule has 0 spiro atoms. The number of rotatable bonds is 9. The number of aromatic nitrogens is 2. The summed E-state index contributed by atoms with van der Waals surface area (Å²) in [4.78, 5) is 41.5. The van der Waals surface area contributed by atoms with Crippen LogP contribution < -0.4 is 21.9 Å². The Morgan fingerprint density at radius 3 is 2.60 bits per heavy atom. The third-order valence-electron chi connectivity index (χ3n) is 4.70. The van der Waals surface area contributed by atoms with E-state index in [0.717, 1.165) is 15.8 Å². The van der Waals surface area contributed by atoms with Crippen molar-refractivity contribution in [3.05, 3.63) is 80.4 Å².